The zero-order valence-corrected chi connectivity index (χ0v) is 20.3. The van der Waals surface area contributed by atoms with E-state index in [1.54, 1.807) is 12.1 Å². The summed E-state index contributed by atoms with van der Waals surface area (Å²) in [5, 5.41) is 33.0. The number of hydrogen-bond acceptors (Lipinski definition) is 6. The van der Waals surface area contributed by atoms with E-state index >= 15 is 0 Å². The summed E-state index contributed by atoms with van der Waals surface area (Å²) in [5.41, 5.74) is 0.608. The zero-order chi connectivity index (χ0) is 26.7. The monoisotopic (exact) mass is 506 g/mol. The Morgan fingerprint density at radius 3 is 2.11 bits per heavy atom. The number of carboxylic acids is 3. The molecule has 2 amide bonds. The Bertz CT molecular complexity index is 918. The summed E-state index contributed by atoms with van der Waals surface area (Å²) in [5.74, 6) is -6.66. The van der Waals surface area contributed by atoms with Crippen LogP contribution in [0.3, 0.4) is 0 Å². The molecule has 1 aromatic carbocycles. The van der Waals surface area contributed by atoms with Crippen molar-refractivity contribution in [2.24, 2.45) is 11.8 Å². The van der Waals surface area contributed by atoms with Crippen LogP contribution in [-0.2, 0) is 30.4 Å². The molecule has 0 unspecified atom stereocenters. The Balaban J connectivity index is 2.14. The van der Waals surface area contributed by atoms with Gasteiger partial charge in [0.05, 0.1) is 11.8 Å². The fourth-order valence-corrected chi connectivity index (χ4v) is 4.22. The molecular formula is C25H34N2O9. The highest BCUT2D eigenvalue weighted by Crippen LogP contribution is 2.30. The number of rotatable bonds is 14. The van der Waals surface area contributed by atoms with E-state index in [2.05, 4.69) is 10.6 Å². The van der Waals surface area contributed by atoms with Crippen molar-refractivity contribution < 1.29 is 44.0 Å². The van der Waals surface area contributed by atoms with Crippen LogP contribution in [0.4, 0.5) is 0 Å². The van der Waals surface area contributed by atoms with Gasteiger partial charge in [-0.2, -0.15) is 0 Å². The van der Waals surface area contributed by atoms with E-state index in [0.717, 1.165) is 32.1 Å². The summed E-state index contributed by atoms with van der Waals surface area (Å²) in [4.78, 5) is 59.6. The van der Waals surface area contributed by atoms with Gasteiger partial charge in [-0.1, -0.05) is 44.7 Å². The average molecular weight is 507 g/mol. The Kier molecular flexibility index (Phi) is 11.2. The SMILES string of the molecule is CCCCCNC(=O)[C@H](Cc1ccc(OC(C(=O)O)C(=O)O)cc1)NC(=O)[C@@H]1CCCC[C@@H]1C(=O)O. The molecule has 0 spiro atoms. The fourth-order valence-electron chi connectivity index (χ4n) is 4.22. The van der Waals surface area contributed by atoms with Crippen LogP contribution in [0.2, 0.25) is 0 Å². The van der Waals surface area contributed by atoms with Crippen LogP contribution in [0.5, 0.6) is 5.75 Å². The summed E-state index contributed by atoms with van der Waals surface area (Å²) >= 11 is 0. The standard InChI is InChI=1S/C25H34N2O9/c1-2-3-6-13-26-22(29)19(27-21(28)17-7-4-5-8-18(17)23(30)31)14-15-9-11-16(12-10-15)36-20(24(32)33)25(34)35/h9-12,17-20H,2-8,13-14H2,1H3,(H,26,29)(H,27,28)(H,30,31)(H,32,33)(H,34,35)/t17-,18+,19+/m1/s1. The normalized spacial score (nSPS) is 18.2. The molecule has 1 saturated carbocycles. The van der Waals surface area contributed by atoms with Gasteiger partial charge in [0.1, 0.15) is 11.8 Å². The van der Waals surface area contributed by atoms with Gasteiger partial charge in [0.15, 0.2) is 0 Å². The minimum absolute atomic E-state index is 0.0182. The van der Waals surface area contributed by atoms with Crippen LogP contribution in [0.15, 0.2) is 24.3 Å². The predicted molar refractivity (Wildman–Crippen MR) is 127 cm³/mol. The average Bonchev–Trinajstić information content (AvgIpc) is 2.85. The smallest absolute Gasteiger partial charge is 0.356 e. The van der Waals surface area contributed by atoms with Crippen LogP contribution >= 0.6 is 0 Å². The molecule has 0 bridgehead atoms. The van der Waals surface area contributed by atoms with Crippen LogP contribution in [0.1, 0.15) is 57.4 Å². The largest absolute Gasteiger partial charge is 0.481 e. The number of carbonyl (C=O) groups is 5. The topological polar surface area (TPSA) is 179 Å². The molecule has 36 heavy (non-hydrogen) atoms. The van der Waals surface area contributed by atoms with Gasteiger partial charge < -0.3 is 30.7 Å². The zero-order valence-electron chi connectivity index (χ0n) is 20.3. The molecule has 1 aromatic rings. The minimum Gasteiger partial charge on any atom is -0.481 e. The highest BCUT2D eigenvalue weighted by Gasteiger charge is 2.37. The molecule has 198 valence electrons. The number of unbranched alkanes of at least 4 members (excludes halogenated alkanes) is 2. The third-order valence-corrected chi connectivity index (χ3v) is 6.20. The highest BCUT2D eigenvalue weighted by molar-refractivity contribution is 5.96. The molecule has 11 heteroatoms. The Hall–Kier alpha value is -3.63. The van der Waals surface area contributed by atoms with E-state index in [-0.39, 0.29) is 18.1 Å². The van der Waals surface area contributed by atoms with Gasteiger partial charge in [0, 0.05) is 13.0 Å². The quantitative estimate of drug-likeness (QED) is 0.186. The number of carboxylic acid groups (broad SMARTS) is 3. The molecule has 0 heterocycles. The lowest BCUT2D eigenvalue weighted by Gasteiger charge is -2.29. The van der Waals surface area contributed by atoms with Gasteiger partial charge in [-0.3, -0.25) is 14.4 Å². The predicted octanol–water partition coefficient (Wildman–Crippen LogP) is 1.83. The molecule has 1 aliphatic carbocycles. The first kappa shape index (κ1) is 28.6. The first-order valence-corrected chi connectivity index (χ1v) is 12.2. The number of aliphatic carboxylic acids is 3. The number of ether oxygens (including phenoxy) is 1. The van der Waals surface area contributed by atoms with Crippen LogP contribution < -0.4 is 15.4 Å². The fraction of sp³-hybridized carbons (Fsp3) is 0.560. The molecule has 1 fully saturated rings. The van der Waals surface area contributed by atoms with E-state index < -0.39 is 47.8 Å². The van der Waals surface area contributed by atoms with Crippen molar-refractivity contribution in [2.45, 2.75) is 70.4 Å². The summed E-state index contributed by atoms with van der Waals surface area (Å²) in [7, 11) is 0. The Labute approximate surface area is 209 Å². The number of carbonyl (C=O) groups excluding carboxylic acids is 2. The first-order valence-electron chi connectivity index (χ1n) is 12.2. The van der Waals surface area contributed by atoms with Gasteiger partial charge >= 0.3 is 17.9 Å². The summed E-state index contributed by atoms with van der Waals surface area (Å²) in [6.45, 7) is 2.48. The molecule has 0 aromatic heterocycles. The van der Waals surface area contributed by atoms with Gasteiger partial charge in [0.2, 0.25) is 11.8 Å². The molecule has 1 aliphatic rings. The molecule has 0 aliphatic heterocycles. The van der Waals surface area contributed by atoms with Gasteiger partial charge in [0.25, 0.3) is 6.10 Å². The maximum Gasteiger partial charge on any atom is 0.356 e. The van der Waals surface area contributed by atoms with E-state index in [9.17, 15) is 29.1 Å². The minimum atomic E-state index is -2.06. The first-order chi connectivity index (χ1) is 17.1. The van der Waals surface area contributed by atoms with Gasteiger partial charge in [-0.05, 0) is 37.0 Å². The highest BCUT2D eigenvalue weighted by atomic mass is 16.5. The van der Waals surface area contributed by atoms with E-state index in [1.165, 1.54) is 12.1 Å². The second-order valence-electron chi connectivity index (χ2n) is 8.92. The van der Waals surface area contributed by atoms with E-state index in [1.807, 2.05) is 6.92 Å². The second-order valence-corrected chi connectivity index (χ2v) is 8.92. The molecule has 5 N–H and O–H groups in total. The maximum absolute atomic E-state index is 13.0. The second kappa shape index (κ2) is 14.1. The van der Waals surface area contributed by atoms with E-state index in [4.69, 9.17) is 14.9 Å². The maximum atomic E-state index is 13.0. The van der Waals surface area contributed by atoms with E-state index in [0.29, 0.717) is 24.9 Å². The van der Waals surface area contributed by atoms with Crippen molar-refractivity contribution in [2.75, 3.05) is 6.54 Å². The molecular weight excluding hydrogens is 472 g/mol. The lowest BCUT2D eigenvalue weighted by molar-refractivity contribution is -0.159. The van der Waals surface area contributed by atoms with Crippen molar-refractivity contribution in [1.29, 1.82) is 0 Å². The summed E-state index contributed by atoms with van der Waals surface area (Å²) in [6.07, 6.45) is 3.07. The van der Waals surface area contributed by atoms with Crippen molar-refractivity contribution in [3.05, 3.63) is 29.8 Å². The van der Waals surface area contributed by atoms with Crippen LogP contribution in [-0.4, -0.2) is 63.7 Å². The van der Waals surface area contributed by atoms with Crippen molar-refractivity contribution in [3.8, 4) is 5.75 Å². The lowest BCUT2D eigenvalue weighted by Crippen LogP contribution is -2.51. The Morgan fingerprint density at radius 2 is 1.56 bits per heavy atom. The van der Waals surface area contributed by atoms with Crippen LogP contribution in [0, 0.1) is 11.8 Å². The molecule has 11 nitrogen and oxygen atoms in total. The number of hydrogen-bond donors (Lipinski definition) is 5. The third-order valence-electron chi connectivity index (χ3n) is 6.20. The summed E-state index contributed by atoms with van der Waals surface area (Å²) < 4.78 is 5.00. The third kappa shape index (κ3) is 8.54. The Morgan fingerprint density at radius 1 is 0.944 bits per heavy atom. The molecule has 0 saturated heterocycles. The molecule has 0 radical (unpaired) electrons. The number of benzene rings is 1. The van der Waals surface area contributed by atoms with Crippen molar-refractivity contribution in [3.63, 3.8) is 0 Å². The number of amides is 2. The van der Waals surface area contributed by atoms with Crippen molar-refractivity contribution >= 4 is 29.7 Å². The lowest BCUT2D eigenvalue weighted by atomic mass is 9.78. The van der Waals surface area contributed by atoms with Crippen molar-refractivity contribution in [1.82, 2.24) is 10.6 Å². The summed E-state index contributed by atoms with van der Waals surface area (Å²) in [6, 6.07) is 4.90. The van der Waals surface area contributed by atoms with Crippen LogP contribution in [0.25, 0.3) is 0 Å². The number of nitrogens with one attached hydrogen (secondary N) is 2. The molecule has 2 rings (SSSR count). The molecule has 3 atom stereocenters. The van der Waals surface area contributed by atoms with Gasteiger partial charge in [-0.15, -0.1) is 0 Å². The van der Waals surface area contributed by atoms with Gasteiger partial charge in [-0.25, -0.2) is 9.59 Å².